The molecule has 0 radical (unpaired) electrons. The number of hydrazone groups is 1. The van der Waals surface area contributed by atoms with Gasteiger partial charge in [-0.15, -0.1) is 0 Å². The molecule has 0 unspecified atom stereocenters. The third-order valence-corrected chi connectivity index (χ3v) is 2.59. The molecule has 0 aliphatic rings. The maximum atomic E-state index is 11.8. The van der Waals surface area contributed by atoms with Crippen molar-refractivity contribution in [3.05, 3.63) is 24.5 Å². The van der Waals surface area contributed by atoms with Crippen LogP contribution in [0.4, 0.5) is 5.69 Å². The van der Waals surface area contributed by atoms with Crippen LogP contribution >= 0.6 is 0 Å². The maximum Gasteiger partial charge on any atom is 0.329 e. The van der Waals surface area contributed by atoms with Gasteiger partial charge in [0.05, 0.1) is 18.3 Å². The molecule has 0 saturated heterocycles. The summed E-state index contributed by atoms with van der Waals surface area (Å²) in [6.45, 7) is 5.82. The van der Waals surface area contributed by atoms with Crippen molar-refractivity contribution < 1.29 is 14.4 Å². The summed E-state index contributed by atoms with van der Waals surface area (Å²) >= 11 is 0. The fourth-order valence-electron chi connectivity index (χ4n) is 1.49. The van der Waals surface area contributed by atoms with Crippen LogP contribution in [0.5, 0.6) is 0 Å². The van der Waals surface area contributed by atoms with E-state index in [2.05, 4.69) is 26.1 Å². The zero-order valence-corrected chi connectivity index (χ0v) is 13.4. The second kappa shape index (κ2) is 9.29. The van der Waals surface area contributed by atoms with Gasteiger partial charge in [-0.2, -0.15) is 5.10 Å². The first-order valence-electron chi connectivity index (χ1n) is 7.19. The van der Waals surface area contributed by atoms with Gasteiger partial charge >= 0.3 is 11.8 Å². The van der Waals surface area contributed by atoms with E-state index in [4.69, 9.17) is 0 Å². The Hall–Kier alpha value is -2.77. The third kappa shape index (κ3) is 7.70. The highest BCUT2D eigenvalue weighted by Crippen LogP contribution is 2.03. The van der Waals surface area contributed by atoms with Crippen molar-refractivity contribution in [1.29, 1.82) is 0 Å². The van der Waals surface area contributed by atoms with Crippen molar-refractivity contribution in [2.75, 3.05) is 11.9 Å². The molecule has 3 N–H and O–H groups in total. The van der Waals surface area contributed by atoms with Gasteiger partial charge in [0.1, 0.15) is 0 Å². The number of rotatable bonds is 6. The number of pyridine rings is 1. The van der Waals surface area contributed by atoms with E-state index in [1.165, 1.54) is 6.20 Å². The van der Waals surface area contributed by atoms with E-state index < -0.39 is 11.8 Å². The summed E-state index contributed by atoms with van der Waals surface area (Å²) in [6.07, 6.45) is 3.11. The molecule has 3 amide bonds. The van der Waals surface area contributed by atoms with Crippen LogP contribution in [-0.4, -0.2) is 35.0 Å². The molecule has 0 fully saturated rings. The Labute approximate surface area is 134 Å². The van der Waals surface area contributed by atoms with Crippen molar-refractivity contribution in [2.24, 2.45) is 11.0 Å². The molecule has 1 aromatic heterocycles. The van der Waals surface area contributed by atoms with Crippen molar-refractivity contribution >= 4 is 29.1 Å². The molecular weight excluding hydrogens is 298 g/mol. The summed E-state index contributed by atoms with van der Waals surface area (Å²) in [7, 11) is 0. The Morgan fingerprint density at radius 3 is 2.61 bits per heavy atom. The van der Waals surface area contributed by atoms with E-state index in [0.717, 1.165) is 0 Å². The predicted octanol–water partition coefficient (Wildman–Crippen LogP) is 0.674. The van der Waals surface area contributed by atoms with Crippen molar-refractivity contribution in [1.82, 2.24) is 15.7 Å². The van der Waals surface area contributed by atoms with Gasteiger partial charge in [0, 0.05) is 18.5 Å². The van der Waals surface area contributed by atoms with E-state index in [9.17, 15) is 14.4 Å². The molecule has 0 aromatic carbocycles. The normalized spacial score (nSPS) is 11.0. The molecule has 0 aliphatic carbocycles. The lowest BCUT2D eigenvalue weighted by atomic mass is 10.2. The number of hydrogen-bond acceptors (Lipinski definition) is 5. The highest BCUT2D eigenvalue weighted by atomic mass is 16.2. The lowest BCUT2D eigenvalue weighted by molar-refractivity contribution is -0.139. The minimum Gasteiger partial charge on any atom is -0.348 e. The first-order valence-corrected chi connectivity index (χ1v) is 7.19. The van der Waals surface area contributed by atoms with Gasteiger partial charge in [0.2, 0.25) is 5.91 Å². The number of carbonyl (C=O) groups excluding carboxylic acids is 3. The Morgan fingerprint density at radius 2 is 2.00 bits per heavy atom. The fourth-order valence-corrected chi connectivity index (χ4v) is 1.49. The Bertz CT molecular complexity index is 584. The maximum absolute atomic E-state index is 11.8. The number of amides is 3. The Morgan fingerprint density at radius 1 is 1.26 bits per heavy atom. The van der Waals surface area contributed by atoms with Gasteiger partial charge in [-0.3, -0.25) is 19.4 Å². The first-order chi connectivity index (χ1) is 10.9. The Balaban J connectivity index is 2.40. The van der Waals surface area contributed by atoms with Gasteiger partial charge in [0.25, 0.3) is 0 Å². The van der Waals surface area contributed by atoms with Crippen LogP contribution in [-0.2, 0) is 14.4 Å². The quantitative estimate of drug-likeness (QED) is 0.406. The first kappa shape index (κ1) is 18.3. The molecule has 0 spiro atoms. The molecular formula is C15H21N5O3. The van der Waals surface area contributed by atoms with Gasteiger partial charge < -0.3 is 10.6 Å². The van der Waals surface area contributed by atoms with Crippen molar-refractivity contribution in [3.63, 3.8) is 0 Å². The van der Waals surface area contributed by atoms with E-state index in [0.29, 0.717) is 17.9 Å². The van der Waals surface area contributed by atoms with E-state index in [-0.39, 0.29) is 18.2 Å². The van der Waals surface area contributed by atoms with Crippen LogP contribution in [0.15, 0.2) is 29.6 Å². The summed E-state index contributed by atoms with van der Waals surface area (Å²) in [5.74, 6) is -1.67. The van der Waals surface area contributed by atoms with Gasteiger partial charge in [0.15, 0.2) is 0 Å². The van der Waals surface area contributed by atoms with Crippen LogP contribution in [0, 0.1) is 5.92 Å². The molecule has 23 heavy (non-hydrogen) atoms. The van der Waals surface area contributed by atoms with Crippen molar-refractivity contribution in [2.45, 2.75) is 27.2 Å². The Kier molecular flexibility index (Phi) is 7.38. The van der Waals surface area contributed by atoms with Gasteiger partial charge in [-0.1, -0.05) is 13.8 Å². The molecule has 1 aromatic rings. The molecule has 1 heterocycles. The predicted molar refractivity (Wildman–Crippen MR) is 86.6 cm³/mol. The molecule has 1 rings (SSSR count). The fraction of sp³-hybridized carbons (Fsp3) is 0.400. The zero-order chi connectivity index (χ0) is 17.2. The van der Waals surface area contributed by atoms with E-state index in [1.807, 2.05) is 13.8 Å². The van der Waals surface area contributed by atoms with Crippen molar-refractivity contribution in [3.8, 4) is 0 Å². The number of carbonyl (C=O) groups is 3. The average Bonchev–Trinajstić information content (AvgIpc) is 2.51. The number of nitrogens with one attached hydrogen (secondary N) is 3. The largest absolute Gasteiger partial charge is 0.348 e. The lowest BCUT2D eigenvalue weighted by Crippen LogP contribution is -2.39. The summed E-state index contributed by atoms with van der Waals surface area (Å²) in [6, 6.07) is 3.41. The number of aromatic nitrogens is 1. The SMILES string of the molecule is C/C(CC(=O)Nc1cccnc1)=N\NC(=O)C(=O)NCC(C)C. The average molecular weight is 319 g/mol. The second-order valence-corrected chi connectivity index (χ2v) is 5.36. The molecule has 8 heteroatoms. The summed E-state index contributed by atoms with van der Waals surface area (Å²) in [4.78, 5) is 38.6. The molecule has 8 nitrogen and oxygen atoms in total. The third-order valence-electron chi connectivity index (χ3n) is 2.59. The van der Waals surface area contributed by atoms with Crippen LogP contribution in [0.1, 0.15) is 27.2 Å². The number of anilines is 1. The van der Waals surface area contributed by atoms with Crippen LogP contribution in [0.25, 0.3) is 0 Å². The monoisotopic (exact) mass is 319 g/mol. The summed E-state index contributed by atoms with van der Waals surface area (Å²) < 4.78 is 0. The lowest BCUT2D eigenvalue weighted by Gasteiger charge is -2.07. The van der Waals surface area contributed by atoms with Crippen LogP contribution < -0.4 is 16.1 Å². The van der Waals surface area contributed by atoms with Crippen LogP contribution in [0.3, 0.4) is 0 Å². The standard InChI is InChI=1S/C15H21N5O3/c1-10(2)8-17-14(22)15(23)20-19-11(3)7-13(21)18-12-5-4-6-16-9-12/h4-6,9-10H,7-8H2,1-3H3,(H,17,22)(H,18,21)(H,20,23)/b19-11+. The minimum absolute atomic E-state index is 0.0111. The van der Waals surface area contributed by atoms with Gasteiger partial charge in [-0.05, 0) is 25.0 Å². The number of hydrogen-bond donors (Lipinski definition) is 3. The smallest absolute Gasteiger partial charge is 0.329 e. The second-order valence-electron chi connectivity index (χ2n) is 5.36. The van der Waals surface area contributed by atoms with E-state index >= 15 is 0 Å². The summed E-state index contributed by atoms with van der Waals surface area (Å²) in [5, 5.41) is 8.85. The molecule has 0 saturated carbocycles. The van der Waals surface area contributed by atoms with Gasteiger partial charge in [-0.25, -0.2) is 5.43 Å². The molecule has 124 valence electrons. The molecule has 0 atom stereocenters. The number of nitrogens with zero attached hydrogens (tertiary/aromatic N) is 2. The highest BCUT2D eigenvalue weighted by Gasteiger charge is 2.13. The van der Waals surface area contributed by atoms with Crippen LogP contribution in [0.2, 0.25) is 0 Å². The zero-order valence-electron chi connectivity index (χ0n) is 13.4. The molecule has 0 bridgehead atoms. The topological polar surface area (TPSA) is 113 Å². The minimum atomic E-state index is -0.863. The summed E-state index contributed by atoms with van der Waals surface area (Å²) in [5.41, 5.74) is 3.06. The highest BCUT2D eigenvalue weighted by molar-refractivity contribution is 6.35. The van der Waals surface area contributed by atoms with E-state index in [1.54, 1.807) is 25.3 Å². The molecule has 0 aliphatic heterocycles.